The number of piperazine rings is 1. The molecule has 1 saturated heterocycles. The Balaban J connectivity index is 0.00000162. The molecule has 1 aromatic carbocycles. The lowest BCUT2D eigenvalue weighted by molar-refractivity contribution is 0.0699. The third-order valence-corrected chi connectivity index (χ3v) is 2.83. The Hall–Kier alpha value is -1.20. The quantitative estimate of drug-likeness (QED) is 0.849. The van der Waals surface area contributed by atoms with Crippen molar-refractivity contribution in [1.82, 2.24) is 10.2 Å². The van der Waals surface area contributed by atoms with Gasteiger partial charge in [-0.15, -0.1) is 12.4 Å². The van der Waals surface area contributed by atoms with Crippen LogP contribution in [0.5, 0.6) is 0 Å². The Bertz CT molecular complexity index is 422. The van der Waals surface area contributed by atoms with Crippen LogP contribution in [0.4, 0.5) is 8.78 Å². The second-order valence-electron chi connectivity index (χ2n) is 4.20. The zero-order valence-corrected chi connectivity index (χ0v) is 10.8. The zero-order chi connectivity index (χ0) is 12.4. The third-order valence-electron chi connectivity index (χ3n) is 2.83. The van der Waals surface area contributed by atoms with E-state index in [4.69, 9.17) is 0 Å². The van der Waals surface area contributed by atoms with E-state index < -0.39 is 23.1 Å². The van der Waals surface area contributed by atoms with E-state index in [9.17, 15) is 13.6 Å². The van der Waals surface area contributed by atoms with Gasteiger partial charge < -0.3 is 10.2 Å². The summed E-state index contributed by atoms with van der Waals surface area (Å²) in [5.41, 5.74) is -0.457. The number of hydrogen-bond acceptors (Lipinski definition) is 2. The molecule has 18 heavy (non-hydrogen) atoms. The van der Waals surface area contributed by atoms with Crippen LogP contribution in [0.1, 0.15) is 17.3 Å². The van der Waals surface area contributed by atoms with Crippen LogP contribution in [-0.2, 0) is 0 Å². The fourth-order valence-electron chi connectivity index (χ4n) is 1.98. The second kappa shape index (κ2) is 6.11. The largest absolute Gasteiger partial charge is 0.336 e. The first-order valence-corrected chi connectivity index (χ1v) is 5.56. The molecule has 3 nitrogen and oxygen atoms in total. The maximum absolute atomic E-state index is 13.4. The number of rotatable bonds is 1. The van der Waals surface area contributed by atoms with Crippen molar-refractivity contribution in [2.75, 3.05) is 19.6 Å². The standard InChI is InChI=1S/C12H14F2N2O.ClH/c1-8-7-16(6-5-15-8)12(17)11-9(13)3-2-4-10(11)14;/h2-4,8,15H,5-7H2,1H3;1H/t8-;/m0./s1. The molecule has 0 saturated carbocycles. The van der Waals surface area contributed by atoms with Gasteiger partial charge >= 0.3 is 0 Å². The van der Waals surface area contributed by atoms with Crippen LogP contribution in [0.3, 0.4) is 0 Å². The summed E-state index contributed by atoms with van der Waals surface area (Å²) in [5.74, 6) is -2.18. The van der Waals surface area contributed by atoms with Gasteiger partial charge in [0.05, 0.1) is 0 Å². The van der Waals surface area contributed by atoms with Crippen LogP contribution >= 0.6 is 12.4 Å². The van der Waals surface area contributed by atoms with Crippen LogP contribution < -0.4 is 5.32 Å². The van der Waals surface area contributed by atoms with Gasteiger partial charge in [0.25, 0.3) is 5.91 Å². The predicted molar refractivity (Wildman–Crippen MR) is 67.0 cm³/mol. The molecule has 1 amide bonds. The molecule has 0 unspecified atom stereocenters. The fourth-order valence-corrected chi connectivity index (χ4v) is 1.98. The average molecular weight is 277 g/mol. The van der Waals surface area contributed by atoms with Gasteiger partial charge in [0.15, 0.2) is 0 Å². The van der Waals surface area contributed by atoms with Crippen LogP contribution in [0, 0.1) is 11.6 Å². The van der Waals surface area contributed by atoms with Gasteiger partial charge in [0, 0.05) is 25.7 Å². The van der Waals surface area contributed by atoms with Crippen LogP contribution in [0.15, 0.2) is 18.2 Å². The van der Waals surface area contributed by atoms with Crippen molar-refractivity contribution in [2.45, 2.75) is 13.0 Å². The Labute approximate surface area is 111 Å². The summed E-state index contributed by atoms with van der Waals surface area (Å²) in [7, 11) is 0. The van der Waals surface area contributed by atoms with E-state index in [0.29, 0.717) is 19.6 Å². The van der Waals surface area contributed by atoms with Gasteiger partial charge in [0.2, 0.25) is 0 Å². The van der Waals surface area contributed by atoms with Crippen molar-refractivity contribution in [3.05, 3.63) is 35.4 Å². The number of nitrogens with zero attached hydrogens (tertiary/aromatic N) is 1. The third kappa shape index (κ3) is 2.97. The molecule has 2 rings (SSSR count). The first-order chi connectivity index (χ1) is 8.09. The number of amides is 1. The Morgan fingerprint density at radius 3 is 2.56 bits per heavy atom. The molecule has 1 heterocycles. The van der Waals surface area contributed by atoms with Crippen molar-refractivity contribution in [2.24, 2.45) is 0 Å². The maximum atomic E-state index is 13.4. The highest BCUT2D eigenvalue weighted by Gasteiger charge is 2.26. The highest BCUT2D eigenvalue weighted by atomic mass is 35.5. The molecule has 1 aliphatic rings. The minimum atomic E-state index is -0.804. The first-order valence-electron chi connectivity index (χ1n) is 5.56. The Morgan fingerprint density at radius 1 is 1.39 bits per heavy atom. The van der Waals surface area contributed by atoms with Gasteiger partial charge in [-0.2, -0.15) is 0 Å². The van der Waals surface area contributed by atoms with Crippen LogP contribution in [0.2, 0.25) is 0 Å². The summed E-state index contributed by atoms with van der Waals surface area (Å²) in [5, 5.41) is 3.17. The molecule has 0 radical (unpaired) electrons. The predicted octanol–water partition coefficient (Wildman–Crippen LogP) is 1.82. The van der Waals surface area contributed by atoms with Crippen molar-refractivity contribution >= 4 is 18.3 Å². The molecule has 1 aliphatic heterocycles. The molecule has 6 heteroatoms. The molecule has 1 atom stereocenters. The molecular weight excluding hydrogens is 262 g/mol. The maximum Gasteiger partial charge on any atom is 0.259 e. The topological polar surface area (TPSA) is 32.3 Å². The molecule has 100 valence electrons. The number of benzene rings is 1. The van der Waals surface area contributed by atoms with E-state index in [1.54, 1.807) is 0 Å². The molecular formula is C12H15ClF2N2O. The highest BCUT2D eigenvalue weighted by molar-refractivity contribution is 5.94. The molecule has 0 aromatic heterocycles. The van der Waals surface area contributed by atoms with Gasteiger partial charge in [-0.25, -0.2) is 8.78 Å². The van der Waals surface area contributed by atoms with E-state index in [0.717, 1.165) is 12.1 Å². The summed E-state index contributed by atoms with van der Waals surface area (Å²) in [4.78, 5) is 13.5. The normalized spacial score (nSPS) is 19.3. The van der Waals surface area contributed by atoms with Crippen LogP contribution in [-0.4, -0.2) is 36.5 Å². The number of carbonyl (C=O) groups is 1. The van der Waals surface area contributed by atoms with Gasteiger partial charge in [-0.1, -0.05) is 6.07 Å². The number of halogens is 3. The summed E-state index contributed by atoms with van der Waals surface area (Å²) in [6, 6.07) is 3.59. The Morgan fingerprint density at radius 2 is 2.00 bits per heavy atom. The molecule has 1 N–H and O–H groups in total. The summed E-state index contributed by atoms with van der Waals surface area (Å²) >= 11 is 0. The van der Waals surface area contributed by atoms with Crippen molar-refractivity contribution < 1.29 is 13.6 Å². The lowest BCUT2D eigenvalue weighted by atomic mass is 10.1. The van der Waals surface area contributed by atoms with Crippen molar-refractivity contribution in [1.29, 1.82) is 0 Å². The van der Waals surface area contributed by atoms with E-state index in [-0.39, 0.29) is 18.4 Å². The minimum absolute atomic E-state index is 0. The SMILES string of the molecule is C[C@H]1CN(C(=O)c2c(F)cccc2F)CCN1.Cl. The summed E-state index contributed by atoms with van der Waals surface area (Å²) in [6.07, 6.45) is 0. The van der Waals surface area contributed by atoms with Gasteiger partial charge in [-0.3, -0.25) is 4.79 Å². The number of carbonyl (C=O) groups excluding carboxylic acids is 1. The minimum Gasteiger partial charge on any atom is -0.336 e. The molecule has 1 fully saturated rings. The zero-order valence-electron chi connectivity index (χ0n) is 9.95. The summed E-state index contributed by atoms with van der Waals surface area (Å²) in [6.45, 7) is 3.50. The van der Waals surface area contributed by atoms with E-state index in [1.807, 2.05) is 6.92 Å². The highest BCUT2D eigenvalue weighted by Crippen LogP contribution is 2.15. The lowest BCUT2D eigenvalue weighted by Crippen LogP contribution is -2.51. The lowest BCUT2D eigenvalue weighted by Gasteiger charge is -2.32. The number of nitrogens with one attached hydrogen (secondary N) is 1. The van der Waals surface area contributed by atoms with E-state index >= 15 is 0 Å². The summed E-state index contributed by atoms with van der Waals surface area (Å²) < 4.78 is 26.9. The first kappa shape index (κ1) is 14.9. The van der Waals surface area contributed by atoms with Crippen molar-refractivity contribution in [3.8, 4) is 0 Å². The second-order valence-corrected chi connectivity index (χ2v) is 4.20. The molecule has 0 spiro atoms. The van der Waals surface area contributed by atoms with E-state index in [2.05, 4.69) is 5.32 Å². The molecule has 0 bridgehead atoms. The van der Waals surface area contributed by atoms with Crippen LogP contribution in [0.25, 0.3) is 0 Å². The molecule has 1 aromatic rings. The van der Waals surface area contributed by atoms with Gasteiger partial charge in [-0.05, 0) is 19.1 Å². The van der Waals surface area contributed by atoms with Crippen molar-refractivity contribution in [3.63, 3.8) is 0 Å². The molecule has 0 aliphatic carbocycles. The monoisotopic (exact) mass is 276 g/mol. The van der Waals surface area contributed by atoms with Gasteiger partial charge in [0.1, 0.15) is 17.2 Å². The van der Waals surface area contributed by atoms with E-state index in [1.165, 1.54) is 11.0 Å². The Kier molecular flexibility index (Phi) is 5.04. The number of hydrogen-bond donors (Lipinski definition) is 1. The average Bonchev–Trinajstić information content (AvgIpc) is 2.28. The smallest absolute Gasteiger partial charge is 0.259 e. The fraction of sp³-hybridized carbons (Fsp3) is 0.417.